The Morgan fingerprint density at radius 3 is 2.21 bits per heavy atom. The van der Waals surface area contributed by atoms with Crippen LogP contribution in [0, 0.1) is 0 Å². The molecule has 2 aliphatic carbocycles. The summed E-state index contributed by atoms with van der Waals surface area (Å²) in [6, 6.07) is 16.1. The van der Waals surface area contributed by atoms with E-state index in [1.807, 2.05) is 24.3 Å². The van der Waals surface area contributed by atoms with Crippen molar-refractivity contribution in [3.8, 4) is 11.1 Å². The number of carboxylic acid groups (broad SMARTS) is 1. The Bertz CT molecular complexity index is 1000. The van der Waals surface area contributed by atoms with Gasteiger partial charge in [-0.2, -0.15) is 0 Å². The van der Waals surface area contributed by atoms with Crippen LogP contribution in [0.4, 0.5) is 4.79 Å². The average molecular weight is 451 g/mol. The van der Waals surface area contributed by atoms with Crippen molar-refractivity contribution in [2.24, 2.45) is 0 Å². The molecular weight excluding hydrogens is 420 g/mol. The Kier molecular flexibility index (Phi) is 6.67. The van der Waals surface area contributed by atoms with Crippen LogP contribution in [0.3, 0.4) is 0 Å². The van der Waals surface area contributed by atoms with Gasteiger partial charge in [0.2, 0.25) is 5.91 Å². The van der Waals surface area contributed by atoms with Crippen molar-refractivity contribution in [2.75, 3.05) is 6.61 Å². The van der Waals surface area contributed by atoms with Gasteiger partial charge in [0.05, 0.1) is 5.54 Å². The minimum Gasteiger partial charge on any atom is -0.481 e. The van der Waals surface area contributed by atoms with E-state index < -0.39 is 17.6 Å². The number of benzene rings is 2. The molecule has 7 nitrogen and oxygen atoms in total. The van der Waals surface area contributed by atoms with Gasteiger partial charge in [-0.15, -0.1) is 0 Å². The second-order valence-electron chi connectivity index (χ2n) is 9.16. The van der Waals surface area contributed by atoms with Gasteiger partial charge in [0.1, 0.15) is 6.61 Å². The molecule has 3 N–H and O–H groups in total. The Balaban J connectivity index is 1.33. The lowest BCUT2D eigenvalue weighted by molar-refractivity contribution is -0.137. The lowest BCUT2D eigenvalue weighted by Gasteiger charge is -2.41. The standard InChI is InChI=1S/C26H30N2O5/c1-17(11-12-24(30)31)27-23(29)15-26(13-6-14-26)28-25(32)33-16-22-20-9-4-2-7-18(20)19-8-3-5-10-21(19)22/h2-5,7-10,17,22H,6,11-16H2,1H3,(H,27,29)(H,28,32)(H,30,31). The smallest absolute Gasteiger partial charge is 0.407 e. The summed E-state index contributed by atoms with van der Waals surface area (Å²) in [7, 11) is 0. The van der Waals surface area contributed by atoms with Gasteiger partial charge < -0.3 is 20.5 Å². The summed E-state index contributed by atoms with van der Waals surface area (Å²) in [5.41, 5.74) is 4.05. The van der Waals surface area contributed by atoms with Crippen LogP contribution in [-0.2, 0) is 14.3 Å². The molecule has 2 aromatic carbocycles. The van der Waals surface area contributed by atoms with Gasteiger partial charge in [0, 0.05) is 24.8 Å². The van der Waals surface area contributed by atoms with Crippen molar-refractivity contribution < 1.29 is 24.2 Å². The molecule has 0 radical (unpaired) electrons. The summed E-state index contributed by atoms with van der Waals surface area (Å²) in [4.78, 5) is 35.9. The number of carbonyl (C=O) groups excluding carboxylic acids is 2. The molecule has 2 amide bonds. The highest BCUT2D eigenvalue weighted by Crippen LogP contribution is 2.44. The first-order chi connectivity index (χ1) is 15.9. The summed E-state index contributed by atoms with van der Waals surface area (Å²) >= 11 is 0. The second kappa shape index (κ2) is 9.65. The zero-order valence-corrected chi connectivity index (χ0v) is 18.8. The predicted molar refractivity (Wildman–Crippen MR) is 124 cm³/mol. The molecule has 174 valence electrons. The molecule has 33 heavy (non-hydrogen) atoms. The maximum Gasteiger partial charge on any atom is 0.407 e. The molecule has 2 aliphatic rings. The number of carboxylic acids is 1. The Labute approximate surface area is 193 Å². The monoisotopic (exact) mass is 450 g/mol. The summed E-state index contributed by atoms with van der Waals surface area (Å²) in [5, 5.41) is 14.6. The summed E-state index contributed by atoms with van der Waals surface area (Å²) in [5.74, 6) is -1.09. The minimum atomic E-state index is -0.886. The molecule has 0 saturated heterocycles. The van der Waals surface area contributed by atoms with E-state index in [4.69, 9.17) is 9.84 Å². The molecule has 0 aliphatic heterocycles. The van der Waals surface area contributed by atoms with Gasteiger partial charge in [-0.3, -0.25) is 9.59 Å². The number of hydrogen-bond acceptors (Lipinski definition) is 4. The zero-order chi connectivity index (χ0) is 23.4. The number of ether oxygens (including phenoxy) is 1. The van der Waals surface area contributed by atoms with Crippen LogP contribution in [0.2, 0.25) is 0 Å². The molecule has 0 spiro atoms. The number of rotatable bonds is 9. The van der Waals surface area contributed by atoms with Crippen molar-refractivity contribution in [3.05, 3.63) is 59.7 Å². The topological polar surface area (TPSA) is 105 Å². The highest BCUT2D eigenvalue weighted by molar-refractivity contribution is 5.80. The van der Waals surface area contributed by atoms with Crippen molar-refractivity contribution in [2.45, 2.75) is 62.9 Å². The van der Waals surface area contributed by atoms with Crippen molar-refractivity contribution in [3.63, 3.8) is 0 Å². The number of alkyl carbamates (subject to hydrolysis) is 1. The summed E-state index contributed by atoms with van der Waals surface area (Å²) < 4.78 is 5.65. The molecule has 0 heterocycles. The predicted octanol–water partition coefficient (Wildman–Crippen LogP) is 4.21. The fourth-order valence-corrected chi connectivity index (χ4v) is 4.85. The van der Waals surface area contributed by atoms with E-state index in [9.17, 15) is 14.4 Å². The third-order valence-electron chi connectivity index (χ3n) is 6.72. The van der Waals surface area contributed by atoms with Crippen molar-refractivity contribution in [1.29, 1.82) is 0 Å². The Morgan fingerprint density at radius 2 is 1.67 bits per heavy atom. The van der Waals surface area contributed by atoms with Crippen LogP contribution < -0.4 is 10.6 Å². The Morgan fingerprint density at radius 1 is 1.06 bits per heavy atom. The van der Waals surface area contributed by atoms with Crippen LogP contribution in [0.5, 0.6) is 0 Å². The molecule has 1 unspecified atom stereocenters. The normalized spacial score (nSPS) is 16.6. The molecule has 1 fully saturated rings. The van der Waals surface area contributed by atoms with Crippen LogP contribution >= 0.6 is 0 Å². The molecule has 0 bridgehead atoms. The molecular formula is C26H30N2O5. The van der Waals surface area contributed by atoms with E-state index in [2.05, 4.69) is 34.9 Å². The number of amides is 2. The van der Waals surface area contributed by atoms with Gasteiger partial charge in [-0.05, 0) is 54.9 Å². The number of fused-ring (bicyclic) bond motifs is 3. The highest BCUT2D eigenvalue weighted by atomic mass is 16.5. The molecule has 4 rings (SSSR count). The third kappa shape index (κ3) is 5.18. The van der Waals surface area contributed by atoms with Gasteiger partial charge in [0.25, 0.3) is 0 Å². The summed E-state index contributed by atoms with van der Waals surface area (Å²) in [6.45, 7) is 2.02. The van der Waals surface area contributed by atoms with E-state index in [0.717, 1.165) is 17.5 Å². The first kappa shape index (κ1) is 22.8. The molecule has 7 heteroatoms. The SMILES string of the molecule is CC(CCC(=O)O)NC(=O)CC1(NC(=O)OCC2c3ccccc3-c3ccccc32)CCC1. The van der Waals surface area contributed by atoms with Gasteiger partial charge in [-0.25, -0.2) is 4.79 Å². The number of aliphatic carboxylic acids is 1. The van der Waals surface area contributed by atoms with Gasteiger partial charge >= 0.3 is 12.1 Å². The molecule has 2 aromatic rings. The van der Waals surface area contributed by atoms with Crippen LogP contribution in [0.15, 0.2) is 48.5 Å². The maximum atomic E-state index is 12.7. The van der Waals surface area contributed by atoms with Gasteiger partial charge in [0.15, 0.2) is 0 Å². The zero-order valence-electron chi connectivity index (χ0n) is 18.8. The number of nitrogens with one attached hydrogen (secondary N) is 2. The largest absolute Gasteiger partial charge is 0.481 e. The first-order valence-corrected chi connectivity index (χ1v) is 11.5. The van der Waals surface area contributed by atoms with E-state index in [1.54, 1.807) is 6.92 Å². The minimum absolute atomic E-state index is 0.00455. The molecule has 1 atom stereocenters. The maximum absolute atomic E-state index is 12.7. The van der Waals surface area contributed by atoms with E-state index in [0.29, 0.717) is 19.3 Å². The average Bonchev–Trinajstić information content (AvgIpc) is 3.08. The van der Waals surface area contributed by atoms with Crippen LogP contribution in [0.1, 0.15) is 62.5 Å². The first-order valence-electron chi connectivity index (χ1n) is 11.5. The van der Waals surface area contributed by atoms with E-state index in [-0.39, 0.29) is 37.3 Å². The fraction of sp³-hybridized carbons (Fsp3) is 0.423. The molecule has 1 saturated carbocycles. The van der Waals surface area contributed by atoms with E-state index >= 15 is 0 Å². The van der Waals surface area contributed by atoms with Crippen molar-refractivity contribution in [1.82, 2.24) is 10.6 Å². The van der Waals surface area contributed by atoms with Crippen molar-refractivity contribution >= 4 is 18.0 Å². The lowest BCUT2D eigenvalue weighted by Crippen LogP contribution is -2.56. The van der Waals surface area contributed by atoms with Crippen LogP contribution in [0.25, 0.3) is 11.1 Å². The van der Waals surface area contributed by atoms with E-state index in [1.165, 1.54) is 11.1 Å². The number of hydrogen-bond donors (Lipinski definition) is 3. The highest BCUT2D eigenvalue weighted by Gasteiger charge is 2.41. The van der Waals surface area contributed by atoms with Crippen LogP contribution in [-0.4, -0.2) is 41.3 Å². The second-order valence-corrected chi connectivity index (χ2v) is 9.16. The van der Waals surface area contributed by atoms with Gasteiger partial charge in [-0.1, -0.05) is 48.5 Å². The Hall–Kier alpha value is -3.35. The number of carbonyl (C=O) groups is 3. The summed E-state index contributed by atoms with van der Waals surface area (Å²) in [6.07, 6.45) is 2.39. The fourth-order valence-electron chi connectivity index (χ4n) is 4.85. The lowest BCUT2D eigenvalue weighted by atomic mass is 9.74. The third-order valence-corrected chi connectivity index (χ3v) is 6.72. The quantitative estimate of drug-likeness (QED) is 0.531. The molecule has 0 aromatic heterocycles.